The van der Waals surface area contributed by atoms with Crippen molar-refractivity contribution < 1.29 is 14.6 Å². The van der Waals surface area contributed by atoms with Gasteiger partial charge in [-0.2, -0.15) is 0 Å². The van der Waals surface area contributed by atoms with E-state index in [0.717, 1.165) is 19.4 Å². The van der Waals surface area contributed by atoms with Crippen LogP contribution in [0.4, 0.5) is 0 Å². The zero-order valence-electron chi connectivity index (χ0n) is 20.1. The molecule has 0 spiro atoms. The summed E-state index contributed by atoms with van der Waals surface area (Å²) in [6, 6.07) is 11.8. The SMILES string of the molecule is CCCC#Cc1cnc2c(c1)C(=O)N([C@H](C)CO)C[C@@H](C)[C@@H](CN(C)Cc1ccccc1)O2. The van der Waals surface area contributed by atoms with Crippen LogP contribution in [0, 0.1) is 17.8 Å². The van der Waals surface area contributed by atoms with Gasteiger partial charge < -0.3 is 14.7 Å². The standard InChI is InChI=1S/C27H35N3O3/c1-5-6-8-13-23-14-24-26(28-15-23)33-25(18-29(4)17-22-11-9-7-10-12-22)20(2)16-30(27(24)32)21(3)19-31/h7,9-12,14-15,20-21,25,31H,5-6,16-19H2,1-4H3/t20-,21-,25-/m1/s1. The third-order valence-corrected chi connectivity index (χ3v) is 5.92. The topological polar surface area (TPSA) is 65.9 Å². The molecule has 0 saturated heterocycles. The maximum atomic E-state index is 13.4. The molecule has 1 aliphatic heterocycles. The van der Waals surface area contributed by atoms with E-state index < -0.39 is 0 Å². The number of aliphatic hydroxyl groups is 1. The highest BCUT2D eigenvalue weighted by Crippen LogP contribution is 2.27. The minimum Gasteiger partial charge on any atom is -0.472 e. The summed E-state index contributed by atoms with van der Waals surface area (Å²) in [7, 11) is 2.07. The molecule has 3 atom stereocenters. The molecule has 1 aliphatic rings. The first-order valence-corrected chi connectivity index (χ1v) is 11.7. The molecule has 0 aliphatic carbocycles. The van der Waals surface area contributed by atoms with Crippen molar-refractivity contribution >= 4 is 5.91 Å². The number of ether oxygens (including phenoxy) is 1. The van der Waals surface area contributed by atoms with Gasteiger partial charge in [-0.1, -0.05) is 56.0 Å². The fourth-order valence-electron chi connectivity index (χ4n) is 3.94. The molecular weight excluding hydrogens is 414 g/mol. The van der Waals surface area contributed by atoms with Crippen LogP contribution in [0.5, 0.6) is 5.88 Å². The molecule has 0 saturated carbocycles. The number of hydrogen-bond acceptors (Lipinski definition) is 5. The van der Waals surface area contributed by atoms with Gasteiger partial charge in [0.25, 0.3) is 5.91 Å². The van der Waals surface area contributed by atoms with Crippen LogP contribution in [0.3, 0.4) is 0 Å². The van der Waals surface area contributed by atoms with Crippen LogP contribution in [-0.4, -0.2) is 64.7 Å². The predicted molar refractivity (Wildman–Crippen MR) is 130 cm³/mol. The molecule has 176 valence electrons. The number of aliphatic hydroxyl groups excluding tert-OH is 1. The Morgan fingerprint density at radius 1 is 1.33 bits per heavy atom. The number of amides is 1. The summed E-state index contributed by atoms with van der Waals surface area (Å²) < 4.78 is 6.36. The molecular formula is C27H35N3O3. The van der Waals surface area contributed by atoms with E-state index in [1.165, 1.54) is 5.56 Å². The van der Waals surface area contributed by atoms with Gasteiger partial charge in [0.2, 0.25) is 5.88 Å². The third-order valence-electron chi connectivity index (χ3n) is 5.92. The second kappa shape index (κ2) is 11.8. The first-order valence-electron chi connectivity index (χ1n) is 11.7. The first-order chi connectivity index (χ1) is 15.9. The van der Waals surface area contributed by atoms with Crippen molar-refractivity contribution in [2.45, 2.75) is 52.3 Å². The minimum absolute atomic E-state index is 0.0557. The highest BCUT2D eigenvalue weighted by molar-refractivity contribution is 5.97. The van der Waals surface area contributed by atoms with Gasteiger partial charge >= 0.3 is 0 Å². The van der Waals surface area contributed by atoms with Crippen LogP contribution in [0.2, 0.25) is 0 Å². The normalized spacial score (nSPS) is 19.1. The highest BCUT2D eigenvalue weighted by Gasteiger charge is 2.34. The molecule has 6 heteroatoms. The first kappa shape index (κ1) is 24.8. The van der Waals surface area contributed by atoms with E-state index in [1.807, 2.05) is 25.1 Å². The van der Waals surface area contributed by atoms with E-state index in [2.05, 4.69) is 54.8 Å². The van der Waals surface area contributed by atoms with Gasteiger partial charge in [0.05, 0.1) is 12.6 Å². The average molecular weight is 450 g/mol. The van der Waals surface area contributed by atoms with Crippen LogP contribution in [-0.2, 0) is 6.54 Å². The number of nitrogens with zero attached hydrogens (tertiary/aromatic N) is 3. The molecule has 1 aromatic heterocycles. The summed E-state index contributed by atoms with van der Waals surface area (Å²) in [6.45, 7) is 7.91. The Hall–Kier alpha value is -2.88. The molecule has 0 bridgehead atoms. The molecule has 0 unspecified atom stereocenters. The minimum atomic E-state index is -0.302. The molecule has 1 N–H and O–H groups in total. The van der Waals surface area contributed by atoms with E-state index in [1.54, 1.807) is 17.2 Å². The van der Waals surface area contributed by atoms with Crippen LogP contribution < -0.4 is 4.74 Å². The fraction of sp³-hybridized carbons (Fsp3) is 0.481. The number of pyridine rings is 1. The number of unbranched alkanes of at least 4 members (excludes halogenated alkanes) is 1. The second-order valence-corrected chi connectivity index (χ2v) is 8.93. The summed E-state index contributed by atoms with van der Waals surface area (Å²) in [5.41, 5.74) is 2.33. The Labute approximate surface area is 197 Å². The molecule has 0 fully saturated rings. The summed E-state index contributed by atoms with van der Waals surface area (Å²) in [4.78, 5) is 21.9. The van der Waals surface area contributed by atoms with Crippen LogP contribution in [0.15, 0.2) is 42.6 Å². The highest BCUT2D eigenvalue weighted by atomic mass is 16.5. The number of rotatable bonds is 7. The number of aromatic nitrogens is 1. The summed E-state index contributed by atoms with van der Waals surface area (Å²) in [5, 5.41) is 9.80. The molecule has 3 rings (SSSR count). The molecule has 0 radical (unpaired) electrons. The van der Waals surface area contributed by atoms with Crippen LogP contribution >= 0.6 is 0 Å². The Morgan fingerprint density at radius 2 is 2.09 bits per heavy atom. The van der Waals surface area contributed by atoms with Crippen molar-refractivity contribution in [3.63, 3.8) is 0 Å². The average Bonchev–Trinajstić information content (AvgIpc) is 2.82. The Kier molecular flexibility index (Phi) is 8.87. The van der Waals surface area contributed by atoms with Gasteiger partial charge in [0.1, 0.15) is 11.7 Å². The van der Waals surface area contributed by atoms with Crippen LogP contribution in [0.1, 0.15) is 55.1 Å². The van der Waals surface area contributed by atoms with Gasteiger partial charge in [-0.3, -0.25) is 9.69 Å². The van der Waals surface area contributed by atoms with Crippen molar-refractivity contribution in [3.8, 4) is 17.7 Å². The molecule has 1 aromatic carbocycles. The summed E-state index contributed by atoms with van der Waals surface area (Å²) in [5.74, 6) is 6.41. The number of carbonyl (C=O) groups is 1. The molecule has 2 heterocycles. The number of carbonyl (C=O) groups excluding carboxylic acids is 1. The molecule has 1 amide bonds. The van der Waals surface area contributed by atoms with E-state index in [0.29, 0.717) is 30.1 Å². The summed E-state index contributed by atoms with van der Waals surface area (Å²) >= 11 is 0. The van der Waals surface area contributed by atoms with Crippen molar-refractivity contribution in [2.75, 3.05) is 26.7 Å². The lowest BCUT2D eigenvalue weighted by molar-refractivity contribution is 0.0325. The lowest BCUT2D eigenvalue weighted by Crippen LogP contribution is -2.49. The lowest BCUT2D eigenvalue weighted by atomic mass is 9.99. The maximum absolute atomic E-state index is 13.4. The largest absolute Gasteiger partial charge is 0.472 e. The Bertz CT molecular complexity index is 983. The van der Waals surface area contributed by atoms with Crippen molar-refractivity contribution in [1.82, 2.24) is 14.8 Å². The summed E-state index contributed by atoms with van der Waals surface area (Å²) in [6.07, 6.45) is 3.28. The maximum Gasteiger partial charge on any atom is 0.259 e. The predicted octanol–water partition coefficient (Wildman–Crippen LogP) is 3.59. The van der Waals surface area contributed by atoms with Crippen LogP contribution in [0.25, 0.3) is 0 Å². The zero-order chi connectivity index (χ0) is 23.8. The van der Waals surface area contributed by atoms with E-state index in [-0.39, 0.29) is 30.6 Å². The van der Waals surface area contributed by atoms with E-state index in [9.17, 15) is 9.90 Å². The molecule has 33 heavy (non-hydrogen) atoms. The second-order valence-electron chi connectivity index (χ2n) is 8.93. The number of hydrogen-bond donors (Lipinski definition) is 1. The third kappa shape index (κ3) is 6.56. The quantitative estimate of drug-likeness (QED) is 0.655. The zero-order valence-corrected chi connectivity index (χ0v) is 20.1. The monoisotopic (exact) mass is 449 g/mol. The lowest BCUT2D eigenvalue weighted by Gasteiger charge is -2.37. The van der Waals surface area contributed by atoms with Crippen molar-refractivity contribution in [3.05, 3.63) is 59.3 Å². The van der Waals surface area contributed by atoms with Gasteiger partial charge in [-0.25, -0.2) is 4.98 Å². The smallest absolute Gasteiger partial charge is 0.259 e. The van der Waals surface area contributed by atoms with Gasteiger partial charge in [0.15, 0.2) is 0 Å². The van der Waals surface area contributed by atoms with E-state index >= 15 is 0 Å². The number of benzene rings is 1. The van der Waals surface area contributed by atoms with Gasteiger partial charge in [-0.15, -0.1) is 0 Å². The number of likely N-dealkylation sites (N-methyl/N-ethyl adjacent to an activating group) is 1. The Balaban J connectivity index is 1.89. The van der Waals surface area contributed by atoms with Gasteiger partial charge in [0, 0.05) is 43.7 Å². The molecule has 2 aromatic rings. The molecule has 6 nitrogen and oxygen atoms in total. The fourth-order valence-corrected chi connectivity index (χ4v) is 3.94. The number of fused-ring (bicyclic) bond motifs is 1. The van der Waals surface area contributed by atoms with Gasteiger partial charge in [-0.05, 0) is 32.0 Å². The Morgan fingerprint density at radius 3 is 2.79 bits per heavy atom. The van der Waals surface area contributed by atoms with E-state index in [4.69, 9.17) is 4.74 Å². The van der Waals surface area contributed by atoms with Crippen molar-refractivity contribution in [1.29, 1.82) is 0 Å². The van der Waals surface area contributed by atoms with Crippen molar-refractivity contribution in [2.24, 2.45) is 5.92 Å².